The van der Waals surface area contributed by atoms with E-state index in [2.05, 4.69) is 64.6 Å². The zero-order chi connectivity index (χ0) is 19.6. The first kappa shape index (κ1) is 24.4. The number of guanidine groups is 1. The largest absolute Gasteiger partial charge is 0.379 e. The quantitative estimate of drug-likeness (QED) is 0.317. The minimum atomic E-state index is 0. The highest BCUT2D eigenvalue weighted by Gasteiger charge is 2.23. The molecule has 0 radical (unpaired) electrons. The van der Waals surface area contributed by atoms with Gasteiger partial charge in [0.1, 0.15) is 0 Å². The molecule has 2 heterocycles. The predicted molar refractivity (Wildman–Crippen MR) is 131 cm³/mol. The molecule has 3 rings (SSSR count). The van der Waals surface area contributed by atoms with Crippen LogP contribution in [0.15, 0.2) is 35.3 Å². The molecule has 0 aromatic heterocycles. The summed E-state index contributed by atoms with van der Waals surface area (Å²) >= 11 is 0. The van der Waals surface area contributed by atoms with Crippen molar-refractivity contribution in [1.29, 1.82) is 0 Å². The summed E-state index contributed by atoms with van der Waals surface area (Å²) in [5, 5.41) is 7.02. The van der Waals surface area contributed by atoms with Crippen LogP contribution in [-0.2, 0) is 4.74 Å². The van der Waals surface area contributed by atoms with E-state index in [1.165, 1.54) is 31.5 Å². The van der Waals surface area contributed by atoms with Crippen LogP contribution in [0.1, 0.15) is 38.3 Å². The first-order valence-electron chi connectivity index (χ1n) is 10.9. The molecule has 1 aromatic rings. The number of rotatable bonds is 8. The van der Waals surface area contributed by atoms with Gasteiger partial charge in [-0.15, -0.1) is 24.0 Å². The lowest BCUT2D eigenvalue weighted by molar-refractivity contribution is 0.0220. The van der Waals surface area contributed by atoms with Gasteiger partial charge in [-0.3, -0.25) is 14.8 Å². The second kappa shape index (κ2) is 13.4. The number of aliphatic imine (C=N–C) groups is 1. The molecule has 2 unspecified atom stereocenters. The van der Waals surface area contributed by atoms with Crippen molar-refractivity contribution in [2.75, 3.05) is 59.0 Å². The Morgan fingerprint density at radius 1 is 1.03 bits per heavy atom. The molecule has 6 nitrogen and oxygen atoms in total. The van der Waals surface area contributed by atoms with Crippen LogP contribution in [0.25, 0.3) is 0 Å². The number of hydrogen-bond donors (Lipinski definition) is 2. The molecular weight excluding hydrogens is 477 g/mol. The van der Waals surface area contributed by atoms with Gasteiger partial charge in [-0.1, -0.05) is 30.3 Å². The molecule has 2 N–H and O–H groups in total. The summed E-state index contributed by atoms with van der Waals surface area (Å²) in [5.74, 6) is 0.919. The number of likely N-dealkylation sites (tertiary alicyclic amines) is 1. The Kier molecular flexibility index (Phi) is 11.3. The first-order chi connectivity index (χ1) is 13.8. The van der Waals surface area contributed by atoms with Gasteiger partial charge in [0.15, 0.2) is 5.96 Å². The van der Waals surface area contributed by atoms with Gasteiger partial charge in [0.05, 0.1) is 25.8 Å². The number of nitrogens with one attached hydrogen (secondary N) is 2. The van der Waals surface area contributed by atoms with Crippen LogP contribution in [-0.4, -0.2) is 80.8 Å². The van der Waals surface area contributed by atoms with Gasteiger partial charge in [0.2, 0.25) is 0 Å². The minimum Gasteiger partial charge on any atom is -0.379 e. The van der Waals surface area contributed by atoms with E-state index in [0.717, 1.165) is 51.9 Å². The third-order valence-corrected chi connectivity index (χ3v) is 5.76. The fourth-order valence-electron chi connectivity index (χ4n) is 4.08. The Hall–Kier alpha value is -0.900. The third-order valence-electron chi connectivity index (χ3n) is 5.76. The van der Waals surface area contributed by atoms with Crippen molar-refractivity contribution >= 4 is 29.9 Å². The van der Waals surface area contributed by atoms with Crippen LogP contribution in [0, 0.1) is 0 Å². The summed E-state index contributed by atoms with van der Waals surface area (Å²) in [7, 11) is 0. The second-order valence-corrected chi connectivity index (χ2v) is 7.77. The number of ether oxygens (including phenoxy) is 1. The van der Waals surface area contributed by atoms with Crippen LogP contribution in [0.5, 0.6) is 0 Å². The lowest BCUT2D eigenvalue weighted by Gasteiger charge is -2.31. The van der Waals surface area contributed by atoms with Crippen molar-refractivity contribution in [3.8, 4) is 0 Å². The van der Waals surface area contributed by atoms with E-state index in [1.807, 2.05) is 0 Å². The number of benzene rings is 1. The smallest absolute Gasteiger partial charge is 0.191 e. The van der Waals surface area contributed by atoms with E-state index >= 15 is 0 Å². The third kappa shape index (κ3) is 7.70. The lowest BCUT2D eigenvalue weighted by Crippen LogP contribution is -2.45. The molecule has 0 saturated carbocycles. The summed E-state index contributed by atoms with van der Waals surface area (Å²) in [6.07, 6.45) is 2.60. The summed E-state index contributed by atoms with van der Waals surface area (Å²) < 4.78 is 5.46. The maximum absolute atomic E-state index is 5.46. The van der Waals surface area contributed by atoms with Crippen LogP contribution < -0.4 is 10.6 Å². The molecule has 2 saturated heterocycles. The van der Waals surface area contributed by atoms with Crippen molar-refractivity contribution in [2.45, 2.75) is 38.8 Å². The van der Waals surface area contributed by atoms with Crippen LogP contribution in [0.2, 0.25) is 0 Å². The van der Waals surface area contributed by atoms with Gasteiger partial charge in [0.25, 0.3) is 0 Å². The second-order valence-electron chi connectivity index (χ2n) is 7.77. The molecule has 0 aliphatic carbocycles. The number of morpholine rings is 1. The summed E-state index contributed by atoms with van der Waals surface area (Å²) in [5.41, 5.74) is 1.38. The van der Waals surface area contributed by atoms with Crippen molar-refractivity contribution in [1.82, 2.24) is 20.4 Å². The van der Waals surface area contributed by atoms with Crippen LogP contribution in [0.3, 0.4) is 0 Å². The Morgan fingerprint density at radius 2 is 1.72 bits per heavy atom. The molecule has 2 aliphatic rings. The average Bonchev–Trinajstić information content (AvgIpc) is 3.28. The van der Waals surface area contributed by atoms with E-state index in [9.17, 15) is 0 Å². The highest BCUT2D eigenvalue weighted by Crippen LogP contribution is 2.24. The predicted octanol–water partition coefficient (Wildman–Crippen LogP) is 2.72. The molecule has 1 aromatic carbocycles. The standard InChI is InChI=1S/C22H37N5O.HI/c1-3-23-22(24-17-19(2)26-13-15-28-16-14-26)25-18-21(27-11-7-8-12-27)20-9-5-4-6-10-20;/h4-6,9-10,19,21H,3,7-8,11-18H2,1-2H3,(H2,23,24,25);1H. The molecule has 0 amide bonds. The Bertz CT molecular complexity index is 588. The van der Waals surface area contributed by atoms with Crippen molar-refractivity contribution in [2.24, 2.45) is 4.99 Å². The van der Waals surface area contributed by atoms with E-state index in [1.54, 1.807) is 0 Å². The normalized spacial score (nSPS) is 20.7. The molecular formula is C22H38IN5O. The van der Waals surface area contributed by atoms with E-state index in [0.29, 0.717) is 12.1 Å². The SMILES string of the molecule is CCNC(=NCC(C)N1CCOCC1)NCC(c1ccccc1)N1CCCC1.I. The van der Waals surface area contributed by atoms with Crippen molar-refractivity contribution in [3.05, 3.63) is 35.9 Å². The van der Waals surface area contributed by atoms with E-state index < -0.39 is 0 Å². The van der Waals surface area contributed by atoms with E-state index in [-0.39, 0.29) is 24.0 Å². The van der Waals surface area contributed by atoms with Gasteiger partial charge in [-0.05, 0) is 45.3 Å². The molecule has 0 bridgehead atoms. The number of hydrogen-bond acceptors (Lipinski definition) is 4. The van der Waals surface area contributed by atoms with Gasteiger partial charge in [-0.2, -0.15) is 0 Å². The average molecular weight is 515 g/mol. The van der Waals surface area contributed by atoms with Gasteiger partial charge in [0, 0.05) is 32.2 Å². The zero-order valence-corrected chi connectivity index (χ0v) is 20.3. The van der Waals surface area contributed by atoms with Crippen molar-refractivity contribution in [3.63, 3.8) is 0 Å². The van der Waals surface area contributed by atoms with Gasteiger partial charge in [-0.25, -0.2) is 0 Å². The molecule has 2 fully saturated rings. The number of nitrogens with zero attached hydrogens (tertiary/aromatic N) is 3. The molecule has 29 heavy (non-hydrogen) atoms. The molecule has 0 spiro atoms. The monoisotopic (exact) mass is 515 g/mol. The van der Waals surface area contributed by atoms with Crippen molar-refractivity contribution < 1.29 is 4.74 Å². The topological polar surface area (TPSA) is 52.1 Å². The summed E-state index contributed by atoms with van der Waals surface area (Å²) in [6, 6.07) is 11.7. The van der Waals surface area contributed by atoms with E-state index in [4.69, 9.17) is 9.73 Å². The molecule has 2 aliphatic heterocycles. The molecule has 164 valence electrons. The molecule has 7 heteroatoms. The summed E-state index contributed by atoms with van der Waals surface area (Å²) in [6.45, 7) is 13.0. The minimum absolute atomic E-state index is 0. The highest BCUT2D eigenvalue weighted by atomic mass is 127. The summed E-state index contributed by atoms with van der Waals surface area (Å²) in [4.78, 5) is 9.94. The van der Waals surface area contributed by atoms with Gasteiger partial charge < -0.3 is 15.4 Å². The van der Waals surface area contributed by atoms with Crippen LogP contribution >= 0.6 is 24.0 Å². The zero-order valence-electron chi connectivity index (χ0n) is 18.0. The Labute approximate surface area is 193 Å². The maximum atomic E-state index is 5.46. The fraction of sp³-hybridized carbons (Fsp3) is 0.682. The first-order valence-corrected chi connectivity index (χ1v) is 10.9. The number of halogens is 1. The molecule has 2 atom stereocenters. The van der Waals surface area contributed by atoms with Crippen LogP contribution in [0.4, 0.5) is 0 Å². The Morgan fingerprint density at radius 3 is 2.38 bits per heavy atom. The van der Waals surface area contributed by atoms with Gasteiger partial charge >= 0.3 is 0 Å². The maximum Gasteiger partial charge on any atom is 0.191 e. The Balaban J connectivity index is 0.00000300. The lowest BCUT2D eigenvalue weighted by atomic mass is 10.1. The highest BCUT2D eigenvalue weighted by molar-refractivity contribution is 14.0. The fourth-order valence-corrected chi connectivity index (χ4v) is 4.08.